The first-order chi connectivity index (χ1) is 9.65. The van der Waals surface area contributed by atoms with E-state index in [0.29, 0.717) is 12.0 Å². The summed E-state index contributed by atoms with van der Waals surface area (Å²) in [6, 6.07) is 0.606. The second-order valence-corrected chi connectivity index (χ2v) is 6.88. The summed E-state index contributed by atoms with van der Waals surface area (Å²) in [5.41, 5.74) is 1.41. The molecule has 3 heteroatoms. The van der Waals surface area contributed by atoms with E-state index in [-0.39, 0.29) is 6.10 Å². The molecule has 1 heterocycles. The predicted molar refractivity (Wildman–Crippen MR) is 84.9 cm³/mol. The van der Waals surface area contributed by atoms with Crippen molar-refractivity contribution in [1.29, 1.82) is 0 Å². The van der Waals surface area contributed by atoms with Gasteiger partial charge in [0.25, 0.3) is 0 Å². The van der Waals surface area contributed by atoms with Crippen molar-refractivity contribution in [2.24, 2.45) is 5.92 Å². The van der Waals surface area contributed by atoms with Crippen LogP contribution in [0.3, 0.4) is 0 Å². The Morgan fingerprint density at radius 1 is 1.20 bits per heavy atom. The summed E-state index contributed by atoms with van der Waals surface area (Å²) >= 11 is 0. The van der Waals surface area contributed by atoms with Crippen LogP contribution in [0.1, 0.15) is 52.4 Å². The molecule has 0 spiro atoms. The van der Waals surface area contributed by atoms with Crippen molar-refractivity contribution in [3.8, 4) is 0 Å². The number of hydrogen-bond donors (Lipinski definition) is 2. The third-order valence-corrected chi connectivity index (χ3v) is 4.90. The molecule has 0 aromatic carbocycles. The van der Waals surface area contributed by atoms with Crippen molar-refractivity contribution in [2.45, 2.75) is 64.5 Å². The van der Waals surface area contributed by atoms with Gasteiger partial charge in [-0.2, -0.15) is 0 Å². The van der Waals surface area contributed by atoms with E-state index in [0.717, 1.165) is 13.1 Å². The summed E-state index contributed by atoms with van der Waals surface area (Å²) in [4.78, 5) is 2.53. The van der Waals surface area contributed by atoms with Crippen molar-refractivity contribution in [3.63, 3.8) is 0 Å². The van der Waals surface area contributed by atoms with E-state index < -0.39 is 0 Å². The predicted octanol–water partition coefficient (Wildman–Crippen LogP) is 2.56. The molecule has 20 heavy (non-hydrogen) atoms. The highest BCUT2D eigenvalue weighted by atomic mass is 16.3. The molecule has 0 radical (unpaired) electrons. The Morgan fingerprint density at radius 2 is 1.85 bits per heavy atom. The standard InChI is InChI=1S/C17H32N2O/c1-14(2)7-10-19-11-8-16(9-12-19)18-13-17(20)15-5-3-4-6-15/h7,15-18,20H,3-6,8-13H2,1-2H3. The smallest absolute Gasteiger partial charge is 0.0692 e. The molecular formula is C17H32N2O. The lowest BCUT2D eigenvalue weighted by Crippen LogP contribution is -2.45. The first kappa shape index (κ1) is 16.0. The fraction of sp³-hybridized carbons (Fsp3) is 0.882. The van der Waals surface area contributed by atoms with Gasteiger partial charge in [0.15, 0.2) is 0 Å². The van der Waals surface area contributed by atoms with E-state index in [2.05, 4.69) is 30.1 Å². The number of piperidine rings is 1. The van der Waals surface area contributed by atoms with E-state index in [1.165, 1.54) is 57.2 Å². The fourth-order valence-corrected chi connectivity index (χ4v) is 3.43. The summed E-state index contributed by atoms with van der Waals surface area (Å²) in [7, 11) is 0. The molecule has 0 aromatic heterocycles. The van der Waals surface area contributed by atoms with Gasteiger partial charge in [-0.15, -0.1) is 0 Å². The van der Waals surface area contributed by atoms with Crippen molar-refractivity contribution in [1.82, 2.24) is 10.2 Å². The lowest BCUT2D eigenvalue weighted by molar-refractivity contribution is 0.100. The van der Waals surface area contributed by atoms with Gasteiger partial charge in [-0.1, -0.05) is 24.5 Å². The molecule has 1 atom stereocenters. The average molecular weight is 280 g/mol. The Bertz CT molecular complexity index is 298. The summed E-state index contributed by atoms with van der Waals surface area (Å²) in [5, 5.41) is 13.8. The second-order valence-electron chi connectivity index (χ2n) is 6.88. The molecule has 1 unspecified atom stereocenters. The van der Waals surface area contributed by atoms with Gasteiger partial charge in [-0.25, -0.2) is 0 Å². The summed E-state index contributed by atoms with van der Waals surface area (Å²) < 4.78 is 0. The van der Waals surface area contributed by atoms with Crippen LogP contribution in [0.2, 0.25) is 0 Å². The van der Waals surface area contributed by atoms with Crippen LogP contribution in [0.25, 0.3) is 0 Å². The molecule has 116 valence electrons. The monoisotopic (exact) mass is 280 g/mol. The van der Waals surface area contributed by atoms with Gasteiger partial charge in [0.2, 0.25) is 0 Å². The number of aliphatic hydroxyl groups excluding tert-OH is 1. The van der Waals surface area contributed by atoms with Gasteiger partial charge >= 0.3 is 0 Å². The van der Waals surface area contributed by atoms with Gasteiger partial charge in [-0.05, 0) is 58.5 Å². The normalized spacial score (nSPS) is 23.9. The number of likely N-dealkylation sites (tertiary alicyclic amines) is 1. The Labute approximate surface area is 124 Å². The molecule has 1 saturated carbocycles. The number of allylic oxidation sites excluding steroid dienone is 1. The van der Waals surface area contributed by atoms with E-state index in [1.54, 1.807) is 0 Å². The van der Waals surface area contributed by atoms with Crippen molar-refractivity contribution < 1.29 is 5.11 Å². The molecule has 3 nitrogen and oxygen atoms in total. The Hall–Kier alpha value is -0.380. The maximum absolute atomic E-state index is 10.2. The minimum Gasteiger partial charge on any atom is -0.392 e. The first-order valence-electron chi connectivity index (χ1n) is 8.42. The van der Waals surface area contributed by atoms with Crippen LogP contribution in [0, 0.1) is 5.92 Å². The number of hydrogen-bond acceptors (Lipinski definition) is 3. The molecule has 0 amide bonds. The Balaban J connectivity index is 1.60. The van der Waals surface area contributed by atoms with Gasteiger partial charge < -0.3 is 10.4 Å². The van der Waals surface area contributed by atoms with Crippen LogP contribution in [-0.4, -0.2) is 48.3 Å². The highest BCUT2D eigenvalue weighted by molar-refractivity contribution is 4.95. The number of nitrogens with zero attached hydrogens (tertiary/aromatic N) is 1. The molecular weight excluding hydrogens is 248 g/mol. The molecule has 2 aliphatic rings. The van der Waals surface area contributed by atoms with E-state index >= 15 is 0 Å². The van der Waals surface area contributed by atoms with Crippen LogP contribution >= 0.6 is 0 Å². The Morgan fingerprint density at radius 3 is 2.45 bits per heavy atom. The van der Waals surface area contributed by atoms with Gasteiger partial charge in [0, 0.05) is 19.1 Å². The molecule has 2 fully saturated rings. The van der Waals surface area contributed by atoms with Crippen LogP contribution < -0.4 is 5.32 Å². The quantitative estimate of drug-likeness (QED) is 0.734. The molecule has 0 aromatic rings. The van der Waals surface area contributed by atoms with E-state index in [1.807, 2.05) is 0 Å². The van der Waals surface area contributed by atoms with E-state index in [9.17, 15) is 5.11 Å². The molecule has 1 saturated heterocycles. The zero-order valence-electron chi connectivity index (χ0n) is 13.3. The topological polar surface area (TPSA) is 35.5 Å². The number of aliphatic hydroxyl groups is 1. The van der Waals surface area contributed by atoms with Crippen molar-refractivity contribution in [2.75, 3.05) is 26.2 Å². The third kappa shape index (κ3) is 5.19. The lowest BCUT2D eigenvalue weighted by Gasteiger charge is -2.32. The average Bonchev–Trinajstić information content (AvgIpc) is 2.98. The zero-order chi connectivity index (χ0) is 14.4. The second kappa shape index (κ2) is 8.16. The van der Waals surface area contributed by atoms with Gasteiger partial charge in [0.05, 0.1) is 6.10 Å². The van der Waals surface area contributed by atoms with Crippen molar-refractivity contribution >= 4 is 0 Å². The third-order valence-electron chi connectivity index (χ3n) is 4.90. The van der Waals surface area contributed by atoms with Crippen LogP contribution in [0.5, 0.6) is 0 Å². The maximum Gasteiger partial charge on any atom is 0.0692 e. The molecule has 2 N–H and O–H groups in total. The largest absolute Gasteiger partial charge is 0.392 e. The summed E-state index contributed by atoms with van der Waals surface area (Å²) in [5.74, 6) is 0.556. The SMILES string of the molecule is CC(C)=CCN1CCC(NCC(O)C2CCCC2)CC1. The number of nitrogens with one attached hydrogen (secondary N) is 1. The van der Waals surface area contributed by atoms with Crippen LogP contribution in [0.4, 0.5) is 0 Å². The fourth-order valence-electron chi connectivity index (χ4n) is 3.43. The van der Waals surface area contributed by atoms with Crippen LogP contribution in [-0.2, 0) is 0 Å². The molecule has 0 bridgehead atoms. The highest BCUT2D eigenvalue weighted by Crippen LogP contribution is 2.27. The Kier molecular flexibility index (Phi) is 6.53. The summed E-state index contributed by atoms with van der Waals surface area (Å²) in [6.45, 7) is 8.59. The van der Waals surface area contributed by atoms with Gasteiger partial charge in [-0.3, -0.25) is 4.90 Å². The first-order valence-corrected chi connectivity index (χ1v) is 8.42. The summed E-state index contributed by atoms with van der Waals surface area (Å²) in [6.07, 6.45) is 9.70. The zero-order valence-corrected chi connectivity index (χ0v) is 13.3. The molecule has 1 aliphatic carbocycles. The number of rotatable bonds is 6. The van der Waals surface area contributed by atoms with Crippen LogP contribution in [0.15, 0.2) is 11.6 Å². The minimum atomic E-state index is -0.124. The lowest BCUT2D eigenvalue weighted by atomic mass is 9.99. The molecule has 1 aliphatic heterocycles. The maximum atomic E-state index is 10.2. The molecule has 2 rings (SSSR count). The van der Waals surface area contributed by atoms with Crippen molar-refractivity contribution in [3.05, 3.63) is 11.6 Å². The highest BCUT2D eigenvalue weighted by Gasteiger charge is 2.24. The minimum absolute atomic E-state index is 0.124. The van der Waals surface area contributed by atoms with Gasteiger partial charge in [0.1, 0.15) is 0 Å². The van der Waals surface area contributed by atoms with E-state index in [4.69, 9.17) is 0 Å².